The molecule has 0 heterocycles. The highest BCUT2D eigenvalue weighted by molar-refractivity contribution is 5.83. The standard InChI is InChI=1S/C5H6O3/c1-2-3-4(6)5(7)8/h2-3,6H,1H2,(H,7,8)/b4-3+. The molecule has 3 heteroatoms. The summed E-state index contributed by atoms with van der Waals surface area (Å²) in [6.07, 6.45) is 2.20. The average Bonchev–Trinajstić information content (AvgIpc) is 1.67. The van der Waals surface area contributed by atoms with Crippen molar-refractivity contribution in [2.24, 2.45) is 0 Å². The van der Waals surface area contributed by atoms with Crippen molar-refractivity contribution in [1.82, 2.24) is 0 Å². The number of carboxylic acid groups (broad SMARTS) is 1. The van der Waals surface area contributed by atoms with Gasteiger partial charge in [-0.15, -0.1) is 0 Å². The minimum Gasteiger partial charge on any atom is -0.502 e. The van der Waals surface area contributed by atoms with Crippen molar-refractivity contribution in [1.29, 1.82) is 0 Å². The Morgan fingerprint density at radius 3 is 2.12 bits per heavy atom. The van der Waals surface area contributed by atoms with E-state index in [1.807, 2.05) is 0 Å². The SMILES string of the molecule is C=C/C=C(/O)C(=O)O. The molecule has 0 saturated carbocycles. The van der Waals surface area contributed by atoms with Gasteiger partial charge in [-0.2, -0.15) is 0 Å². The molecular formula is C5H6O3. The maximum Gasteiger partial charge on any atom is 0.370 e. The summed E-state index contributed by atoms with van der Waals surface area (Å²) < 4.78 is 0. The molecular weight excluding hydrogens is 108 g/mol. The quantitative estimate of drug-likeness (QED) is 0.315. The molecule has 0 saturated heterocycles. The predicted molar refractivity (Wildman–Crippen MR) is 28.5 cm³/mol. The van der Waals surface area contributed by atoms with E-state index in [1.54, 1.807) is 0 Å². The van der Waals surface area contributed by atoms with Gasteiger partial charge < -0.3 is 10.2 Å². The molecule has 2 N–H and O–H groups in total. The molecule has 0 aliphatic heterocycles. The Hall–Kier alpha value is -1.25. The van der Waals surface area contributed by atoms with Crippen LogP contribution in [0.1, 0.15) is 0 Å². The molecule has 0 aromatic rings. The first-order valence-corrected chi connectivity index (χ1v) is 1.93. The van der Waals surface area contributed by atoms with Crippen LogP contribution in [0, 0.1) is 0 Å². The Morgan fingerprint density at radius 1 is 1.50 bits per heavy atom. The molecule has 0 aromatic carbocycles. The van der Waals surface area contributed by atoms with Crippen LogP contribution in [-0.4, -0.2) is 16.2 Å². The monoisotopic (exact) mass is 114 g/mol. The largest absolute Gasteiger partial charge is 0.502 e. The topological polar surface area (TPSA) is 57.5 Å². The fraction of sp³-hybridized carbons (Fsp3) is 0. The molecule has 0 radical (unpaired) electrons. The Labute approximate surface area is 46.6 Å². The van der Waals surface area contributed by atoms with Crippen LogP contribution < -0.4 is 0 Å². The van der Waals surface area contributed by atoms with E-state index in [9.17, 15) is 4.79 Å². The third-order valence-corrected chi connectivity index (χ3v) is 0.495. The van der Waals surface area contributed by atoms with E-state index < -0.39 is 11.7 Å². The van der Waals surface area contributed by atoms with E-state index in [2.05, 4.69) is 6.58 Å². The Balaban J connectivity index is 3.99. The molecule has 0 aromatic heterocycles. The second-order valence-electron chi connectivity index (χ2n) is 1.09. The van der Waals surface area contributed by atoms with Crippen LogP contribution in [0.3, 0.4) is 0 Å². The molecule has 8 heavy (non-hydrogen) atoms. The summed E-state index contributed by atoms with van der Waals surface area (Å²) in [6, 6.07) is 0. The Kier molecular flexibility index (Phi) is 2.40. The van der Waals surface area contributed by atoms with Gasteiger partial charge in [0.25, 0.3) is 0 Å². The highest BCUT2D eigenvalue weighted by Gasteiger charge is 1.98. The third kappa shape index (κ3) is 2.02. The minimum atomic E-state index is -1.34. The van der Waals surface area contributed by atoms with Crippen molar-refractivity contribution in [3.8, 4) is 0 Å². The van der Waals surface area contributed by atoms with Crippen LogP contribution in [0.5, 0.6) is 0 Å². The number of carboxylic acids is 1. The van der Waals surface area contributed by atoms with E-state index in [0.717, 1.165) is 6.08 Å². The van der Waals surface area contributed by atoms with Gasteiger partial charge in [0.1, 0.15) is 0 Å². The number of carbonyl (C=O) groups is 1. The zero-order valence-electron chi connectivity index (χ0n) is 4.16. The zero-order chi connectivity index (χ0) is 6.57. The lowest BCUT2D eigenvalue weighted by atomic mass is 10.4. The Bertz CT molecular complexity index is 135. The lowest BCUT2D eigenvalue weighted by Gasteiger charge is -1.84. The number of allylic oxidation sites excluding steroid dienone is 2. The normalized spacial score (nSPS) is 10.8. The van der Waals surface area contributed by atoms with Gasteiger partial charge in [-0.05, 0) is 6.08 Å². The van der Waals surface area contributed by atoms with Gasteiger partial charge >= 0.3 is 5.97 Å². The summed E-state index contributed by atoms with van der Waals surface area (Å²) in [5.41, 5.74) is 0. The molecule has 0 aliphatic carbocycles. The Morgan fingerprint density at radius 2 is 2.00 bits per heavy atom. The van der Waals surface area contributed by atoms with E-state index in [-0.39, 0.29) is 0 Å². The average molecular weight is 114 g/mol. The maximum atomic E-state index is 9.72. The number of hydrogen-bond donors (Lipinski definition) is 2. The lowest BCUT2D eigenvalue weighted by molar-refractivity contribution is -0.135. The predicted octanol–water partition coefficient (Wildman–Crippen LogP) is 0.699. The number of aliphatic hydroxyl groups is 1. The van der Waals surface area contributed by atoms with Crippen molar-refractivity contribution < 1.29 is 15.0 Å². The lowest BCUT2D eigenvalue weighted by Crippen LogP contribution is -1.97. The van der Waals surface area contributed by atoms with Crippen molar-refractivity contribution in [2.45, 2.75) is 0 Å². The highest BCUT2D eigenvalue weighted by Crippen LogP contribution is 1.85. The first-order chi connectivity index (χ1) is 3.68. The number of aliphatic carboxylic acids is 1. The summed E-state index contributed by atoms with van der Waals surface area (Å²) >= 11 is 0. The zero-order valence-corrected chi connectivity index (χ0v) is 4.16. The van der Waals surface area contributed by atoms with E-state index >= 15 is 0 Å². The summed E-state index contributed by atoms with van der Waals surface area (Å²) in [6.45, 7) is 3.18. The molecule has 44 valence electrons. The summed E-state index contributed by atoms with van der Waals surface area (Å²) in [5.74, 6) is -2.04. The summed E-state index contributed by atoms with van der Waals surface area (Å²) in [5, 5.41) is 16.3. The second-order valence-corrected chi connectivity index (χ2v) is 1.09. The van der Waals surface area contributed by atoms with Gasteiger partial charge in [-0.25, -0.2) is 4.79 Å². The van der Waals surface area contributed by atoms with Crippen LogP contribution in [-0.2, 0) is 4.79 Å². The van der Waals surface area contributed by atoms with Gasteiger partial charge in [0.15, 0.2) is 0 Å². The highest BCUT2D eigenvalue weighted by atomic mass is 16.4. The molecule has 3 nitrogen and oxygen atoms in total. The smallest absolute Gasteiger partial charge is 0.370 e. The molecule has 0 atom stereocenters. The van der Waals surface area contributed by atoms with Crippen molar-refractivity contribution in [3.63, 3.8) is 0 Å². The molecule has 0 aliphatic rings. The summed E-state index contributed by atoms with van der Waals surface area (Å²) in [4.78, 5) is 9.72. The van der Waals surface area contributed by atoms with Crippen LogP contribution in [0.15, 0.2) is 24.5 Å². The van der Waals surface area contributed by atoms with Crippen LogP contribution >= 0.6 is 0 Å². The van der Waals surface area contributed by atoms with Gasteiger partial charge in [0, 0.05) is 0 Å². The first-order valence-electron chi connectivity index (χ1n) is 1.93. The fourth-order valence-corrected chi connectivity index (χ4v) is 0.183. The first kappa shape index (κ1) is 6.75. The van der Waals surface area contributed by atoms with E-state index in [0.29, 0.717) is 0 Å². The van der Waals surface area contributed by atoms with E-state index in [1.165, 1.54) is 6.08 Å². The second kappa shape index (κ2) is 2.85. The van der Waals surface area contributed by atoms with Gasteiger partial charge in [-0.1, -0.05) is 12.7 Å². The molecule has 0 fully saturated rings. The van der Waals surface area contributed by atoms with E-state index in [4.69, 9.17) is 10.2 Å². The molecule has 0 bridgehead atoms. The van der Waals surface area contributed by atoms with Crippen molar-refractivity contribution in [2.75, 3.05) is 0 Å². The van der Waals surface area contributed by atoms with Gasteiger partial charge in [0.2, 0.25) is 5.76 Å². The van der Waals surface area contributed by atoms with Gasteiger partial charge in [0.05, 0.1) is 0 Å². The van der Waals surface area contributed by atoms with Crippen LogP contribution in [0.4, 0.5) is 0 Å². The molecule has 0 spiro atoms. The van der Waals surface area contributed by atoms with Crippen molar-refractivity contribution in [3.05, 3.63) is 24.5 Å². The third-order valence-electron chi connectivity index (χ3n) is 0.495. The number of aliphatic hydroxyl groups excluding tert-OH is 1. The number of rotatable bonds is 2. The van der Waals surface area contributed by atoms with Gasteiger partial charge in [-0.3, -0.25) is 0 Å². The molecule has 0 rings (SSSR count). The van der Waals surface area contributed by atoms with Crippen molar-refractivity contribution >= 4 is 5.97 Å². The fourth-order valence-electron chi connectivity index (χ4n) is 0.183. The summed E-state index contributed by atoms with van der Waals surface area (Å²) in [7, 11) is 0. The maximum absolute atomic E-state index is 9.72. The number of hydrogen-bond acceptors (Lipinski definition) is 2. The molecule has 0 unspecified atom stereocenters. The minimum absolute atomic E-state index is 0.694. The van der Waals surface area contributed by atoms with Crippen LogP contribution in [0.25, 0.3) is 0 Å². The molecule has 0 amide bonds. The van der Waals surface area contributed by atoms with Crippen LogP contribution in [0.2, 0.25) is 0 Å².